The molecule has 1 aliphatic heterocycles. The van der Waals surface area contributed by atoms with Gasteiger partial charge in [-0.15, -0.1) is 0 Å². The number of hydrogen-bond donors (Lipinski definition) is 1. The first-order chi connectivity index (χ1) is 12.0. The largest absolute Gasteiger partial charge is 0.342 e. The highest BCUT2D eigenvalue weighted by atomic mass is 32.2. The number of hydrogen-bond acceptors (Lipinski definition) is 3. The number of nitrogens with zero attached hydrogens (tertiary/aromatic N) is 1. The summed E-state index contributed by atoms with van der Waals surface area (Å²) in [5.41, 5.74) is 0.751. The lowest BCUT2D eigenvalue weighted by atomic mass is 9.75. The number of amides is 1. The summed E-state index contributed by atoms with van der Waals surface area (Å²) in [6, 6.07) is 9.08. The van der Waals surface area contributed by atoms with Gasteiger partial charge in [-0.3, -0.25) is 4.79 Å². The Morgan fingerprint density at radius 2 is 1.80 bits per heavy atom. The topological polar surface area (TPSA) is 66.5 Å². The standard InChI is InChI=1S/C19H28N2O3S/c22-19(21-13-11-17-8-4-5-9-18(17)14-21)10-12-20-25(23,24)15-16-6-2-1-3-7-16/h1-3,6-7,17-18,20H,4-5,8-15H2. The number of benzene rings is 1. The van der Waals surface area contributed by atoms with Crippen LogP contribution in [0.15, 0.2) is 30.3 Å². The molecule has 1 heterocycles. The quantitative estimate of drug-likeness (QED) is 0.843. The molecular weight excluding hydrogens is 336 g/mol. The first kappa shape index (κ1) is 18.4. The fourth-order valence-electron chi connectivity index (χ4n) is 4.14. The Balaban J connectivity index is 1.43. The molecule has 1 saturated carbocycles. The highest BCUT2D eigenvalue weighted by Gasteiger charge is 2.32. The average molecular weight is 365 g/mol. The summed E-state index contributed by atoms with van der Waals surface area (Å²) in [7, 11) is -3.40. The van der Waals surface area contributed by atoms with Crippen molar-refractivity contribution in [2.45, 2.75) is 44.3 Å². The van der Waals surface area contributed by atoms with Gasteiger partial charge < -0.3 is 4.90 Å². The molecule has 1 aliphatic carbocycles. The molecule has 0 aromatic heterocycles. The van der Waals surface area contributed by atoms with Gasteiger partial charge in [-0.05, 0) is 30.2 Å². The van der Waals surface area contributed by atoms with Crippen LogP contribution < -0.4 is 4.72 Å². The minimum Gasteiger partial charge on any atom is -0.342 e. The fourth-order valence-corrected chi connectivity index (χ4v) is 5.29. The predicted molar refractivity (Wildman–Crippen MR) is 98.3 cm³/mol. The van der Waals surface area contributed by atoms with Crippen molar-refractivity contribution in [1.29, 1.82) is 0 Å². The van der Waals surface area contributed by atoms with Gasteiger partial charge in [0.25, 0.3) is 0 Å². The third-order valence-electron chi connectivity index (χ3n) is 5.50. The molecule has 0 spiro atoms. The fraction of sp³-hybridized carbons (Fsp3) is 0.632. The molecule has 2 atom stereocenters. The average Bonchev–Trinajstić information content (AvgIpc) is 2.61. The second-order valence-electron chi connectivity index (χ2n) is 7.32. The van der Waals surface area contributed by atoms with Gasteiger partial charge in [0.1, 0.15) is 0 Å². The second-order valence-corrected chi connectivity index (χ2v) is 9.13. The maximum Gasteiger partial charge on any atom is 0.223 e. The van der Waals surface area contributed by atoms with E-state index in [2.05, 4.69) is 4.72 Å². The van der Waals surface area contributed by atoms with Crippen molar-refractivity contribution in [2.75, 3.05) is 19.6 Å². The lowest BCUT2D eigenvalue weighted by Crippen LogP contribution is -2.45. The highest BCUT2D eigenvalue weighted by molar-refractivity contribution is 7.88. The van der Waals surface area contributed by atoms with E-state index in [9.17, 15) is 13.2 Å². The van der Waals surface area contributed by atoms with E-state index in [-0.39, 0.29) is 24.6 Å². The molecule has 5 nitrogen and oxygen atoms in total. The van der Waals surface area contributed by atoms with Crippen LogP contribution in [0.5, 0.6) is 0 Å². The zero-order valence-electron chi connectivity index (χ0n) is 14.7. The molecular formula is C19H28N2O3S. The van der Waals surface area contributed by atoms with E-state index in [0.29, 0.717) is 5.92 Å². The van der Waals surface area contributed by atoms with E-state index in [1.54, 1.807) is 12.1 Å². The number of carbonyl (C=O) groups is 1. The van der Waals surface area contributed by atoms with Crippen LogP contribution in [0.2, 0.25) is 0 Å². The van der Waals surface area contributed by atoms with Crippen LogP contribution in [0.3, 0.4) is 0 Å². The van der Waals surface area contributed by atoms with Gasteiger partial charge in [-0.2, -0.15) is 0 Å². The normalized spacial score (nSPS) is 23.9. The van der Waals surface area contributed by atoms with Crippen LogP contribution in [0, 0.1) is 11.8 Å². The number of fused-ring (bicyclic) bond motifs is 1. The third-order valence-corrected chi connectivity index (χ3v) is 6.86. The summed E-state index contributed by atoms with van der Waals surface area (Å²) in [5, 5.41) is 0. The molecule has 6 heteroatoms. The molecule has 1 aromatic rings. The number of nitrogens with one attached hydrogen (secondary N) is 1. The molecule has 1 aromatic carbocycles. The Bertz CT molecular complexity index is 675. The lowest BCUT2D eigenvalue weighted by Gasteiger charge is -2.41. The van der Waals surface area contributed by atoms with Gasteiger partial charge in [-0.25, -0.2) is 13.1 Å². The monoisotopic (exact) mass is 364 g/mol. The molecule has 2 fully saturated rings. The second kappa shape index (κ2) is 8.32. The summed E-state index contributed by atoms with van der Waals surface area (Å²) in [4.78, 5) is 14.4. The van der Waals surface area contributed by atoms with Gasteiger partial charge in [0.2, 0.25) is 15.9 Å². The van der Waals surface area contributed by atoms with Crippen molar-refractivity contribution in [1.82, 2.24) is 9.62 Å². The summed E-state index contributed by atoms with van der Waals surface area (Å²) >= 11 is 0. The van der Waals surface area contributed by atoms with Crippen LogP contribution in [0.25, 0.3) is 0 Å². The van der Waals surface area contributed by atoms with E-state index in [0.717, 1.165) is 31.0 Å². The van der Waals surface area contributed by atoms with Gasteiger partial charge in [0.05, 0.1) is 5.75 Å². The van der Waals surface area contributed by atoms with Crippen LogP contribution >= 0.6 is 0 Å². The van der Waals surface area contributed by atoms with Crippen molar-refractivity contribution in [3.05, 3.63) is 35.9 Å². The van der Waals surface area contributed by atoms with Crippen LogP contribution in [-0.2, 0) is 20.6 Å². The highest BCUT2D eigenvalue weighted by Crippen LogP contribution is 2.36. The Kier molecular flexibility index (Phi) is 6.12. The van der Waals surface area contributed by atoms with Crippen molar-refractivity contribution in [3.63, 3.8) is 0 Å². The SMILES string of the molecule is O=C(CCNS(=O)(=O)Cc1ccccc1)N1CCC2CCCCC2C1. The molecule has 0 radical (unpaired) electrons. The Morgan fingerprint density at radius 3 is 2.56 bits per heavy atom. The number of sulfonamides is 1. The van der Waals surface area contributed by atoms with E-state index in [1.807, 2.05) is 23.1 Å². The smallest absolute Gasteiger partial charge is 0.223 e. The minimum atomic E-state index is -3.40. The van der Waals surface area contributed by atoms with Crippen LogP contribution in [-0.4, -0.2) is 38.9 Å². The Hall–Kier alpha value is -1.40. The van der Waals surface area contributed by atoms with Crippen molar-refractivity contribution < 1.29 is 13.2 Å². The first-order valence-electron chi connectivity index (χ1n) is 9.32. The minimum absolute atomic E-state index is 0.0461. The van der Waals surface area contributed by atoms with Crippen molar-refractivity contribution in [2.24, 2.45) is 11.8 Å². The van der Waals surface area contributed by atoms with Gasteiger partial charge in [0, 0.05) is 26.1 Å². The maximum atomic E-state index is 12.4. The Labute approximate surface area is 150 Å². The van der Waals surface area contributed by atoms with E-state index in [4.69, 9.17) is 0 Å². The van der Waals surface area contributed by atoms with E-state index < -0.39 is 10.0 Å². The molecule has 1 saturated heterocycles. The Morgan fingerprint density at radius 1 is 1.08 bits per heavy atom. The summed E-state index contributed by atoms with van der Waals surface area (Å²) in [6.07, 6.45) is 6.51. The first-order valence-corrected chi connectivity index (χ1v) is 11.0. The number of piperidine rings is 1. The van der Waals surface area contributed by atoms with Crippen molar-refractivity contribution >= 4 is 15.9 Å². The third kappa shape index (κ3) is 5.28. The molecule has 25 heavy (non-hydrogen) atoms. The molecule has 3 rings (SSSR count). The summed E-state index contributed by atoms with van der Waals surface area (Å²) in [5.74, 6) is 1.48. The molecule has 1 amide bonds. The molecule has 2 aliphatic rings. The van der Waals surface area contributed by atoms with Gasteiger partial charge >= 0.3 is 0 Å². The zero-order chi connectivity index (χ0) is 17.7. The summed E-state index contributed by atoms with van der Waals surface area (Å²) in [6.45, 7) is 1.87. The van der Waals surface area contributed by atoms with Crippen LogP contribution in [0.1, 0.15) is 44.1 Å². The molecule has 138 valence electrons. The van der Waals surface area contributed by atoms with Gasteiger partial charge in [-0.1, -0.05) is 49.6 Å². The molecule has 2 unspecified atom stereocenters. The molecule has 1 N–H and O–H groups in total. The summed E-state index contributed by atoms with van der Waals surface area (Å²) < 4.78 is 26.8. The van der Waals surface area contributed by atoms with Crippen molar-refractivity contribution in [3.8, 4) is 0 Å². The van der Waals surface area contributed by atoms with Crippen LogP contribution in [0.4, 0.5) is 0 Å². The van der Waals surface area contributed by atoms with E-state index in [1.165, 1.54) is 25.7 Å². The molecule has 0 bridgehead atoms. The number of rotatable bonds is 6. The maximum absolute atomic E-state index is 12.4. The van der Waals surface area contributed by atoms with Gasteiger partial charge in [0.15, 0.2) is 0 Å². The lowest BCUT2D eigenvalue weighted by molar-refractivity contribution is -0.134. The predicted octanol–water partition coefficient (Wildman–Crippen LogP) is 2.53. The number of carbonyl (C=O) groups excluding carboxylic acids is 1. The van der Waals surface area contributed by atoms with E-state index >= 15 is 0 Å². The zero-order valence-corrected chi connectivity index (χ0v) is 15.5. The number of likely N-dealkylation sites (tertiary alicyclic amines) is 1.